The highest BCUT2D eigenvalue weighted by atomic mass is 16.6. The van der Waals surface area contributed by atoms with Gasteiger partial charge in [-0.3, -0.25) is 25.7 Å². The molecule has 0 aliphatic heterocycles. The Labute approximate surface area is 197 Å². The van der Waals surface area contributed by atoms with E-state index in [4.69, 9.17) is 8.83 Å². The number of anilines is 1. The van der Waals surface area contributed by atoms with Crippen molar-refractivity contribution in [3.8, 4) is 0 Å². The van der Waals surface area contributed by atoms with Crippen LogP contribution in [0.2, 0.25) is 0 Å². The van der Waals surface area contributed by atoms with Gasteiger partial charge < -0.3 is 8.83 Å². The summed E-state index contributed by atoms with van der Waals surface area (Å²) in [7, 11) is 0. The van der Waals surface area contributed by atoms with E-state index in [1.165, 1.54) is 12.1 Å². The Morgan fingerprint density at radius 3 is 2.03 bits per heavy atom. The van der Waals surface area contributed by atoms with Gasteiger partial charge in [-0.15, -0.1) is 0 Å². The monoisotopic (exact) mass is 468 g/mol. The van der Waals surface area contributed by atoms with Crippen LogP contribution in [-0.4, -0.2) is 15.6 Å². The van der Waals surface area contributed by atoms with Crippen LogP contribution in [0, 0.1) is 20.2 Å². The molecule has 0 bridgehead atoms. The Morgan fingerprint density at radius 2 is 1.56 bits per heavy atom. The molecule has 1 N–H and O–H groups in total. The predicted octanol–water partition coefficient (Wildman–Crippen LogP) is 6.60. The molecule has 0 unspecified atom stereocenters. The molecule has 0 spiro atoms. The van der Waals surface area contributed by atoms with Crippen LogP contribution in [-0.2, 0) is 12.8 Å². The van der Waals surface area contributed by atoms with Gasteiger partial charge in [0.05, 0.1) is 21.8 Å². The number of non-ortho nitro benzene ring substituents is 1. The number of hydrazone groups is 1. The highest BCUT2D eigenvalue weighted by Crippen LogP contribution is 2.33. The van der Waals surface area contributed by atoms with Crippen LogP contribution in [0.25, 0.3) is 0 Å². The zero-order valence-electron chi connectivity index (χ0n) is 19.4. The lowest BCUT2D eigenvalue weighted by Crippen LogP contribution is -2.07. The van der Waals surface area contributed by atoms with Gasteiger partial charge in [-0.2, -0.15) is 5.10 Å². The molecule has 34 heavy (non-hydrogen) atoms. The number of benzene rings is 1. The Hall–Kier alpha value is -3.95. The maximum absolute atomic E-state index is 11.4. The number of hydrogen-bond acceptors (Lipinski definition) is 8. The molecule has 0 radical (unpaired) electrons. The normalized spacial score (nSPS) is 11.7. The predicted molar refractivity (Wildman–Crippen MR) is 128 cm³/mol. The molecular formula is C24H28N4O6. The molecule has 0 atom stereocenters. The van der Waals surface area contributed by atoms with E-state index >= 15 is 0 Å². The zero-order valence-corrected chi connectivity index (χ0v) is 19.4. The van der Waals surface area contributed by atoms with Gasteiger partial charge >= 0.3 is 5.69 Å². The van der Waals surface area contributed by atoms with Crippen LogP contribution in [0.15, 0.2) is 56.4 Å². The van der Waals surface area contributed by atoms with Gasteiger partial charge in [-0.25, -0.2) is 0 Å². The van der Waals surface area contributed by atoms with Crippen molar-refractivity contribution < 1.29 is 18.7 Å². The second-order valence-electron chi connectivity index (χ2n) is 7.77. The topological polar surface area (TPSA) is 137 Å². The molecule has 0 amide bonds. The molecule has 0 aliphatic carbocycles. The zero-order chi connectivity index (χ0) is 24.7. The molecule has 2 heterocycles. The molecule has 0 aliphatic rings. The van der Waals surface area contributed by atoms with Crippen molar-refractivity contribution >= 4 is 22.8 Å². The summed E-state index contributed by atoms with van der Waals surface area (Å²) in [5, 5.41) is 26.7. The number of furan rings is 2. The third-order valence-electron chi connectivity index (χ3n) is 5.60. The van der Waals surface area contributed by atoms with E-state index in [9.17, 15) is 20.2 Å². The first-order chi connectivity index (χ1) is 16.4. The largest absolute Gasteiger partial charge is 0.465 e. The molecule has 0 saturated carbocycles. The molecule has 0 fully saturated rings. The highest BCUT2D eigenvalue weighted by Gasteiger charge is 2.23. The Balaban J connectivity index is 1.79. The van der Waals surface area contributed by atoms with E-state index < -0.39 is 15.5 Å². The molecule has 0 saturated heterocycles. The van der Waals surface area contributed by atoms with E-state index in [0.717, 1.165) is 47.7 Å². The van der Waals surface area contributed by atoms with Crippen molar-refractivity contribution in [2.45, 2.75) is 58.8 Å². The highest BCUT2D eigenvalue weighted by molar-refractivity contribution is 5.85. The average Bonchev–Trinajstić information content (AvgIpc) is 3.51. The summed E-state index contributed by atoms with van der Waals surface area (Å²) in [4.78, 5) is 21.0. The fourth-order valence-electron chi connectivity index (χ4n) is 3.61. The van der Waals surface area contributed by atoms with Gasteiger partial charge in [0.25, 0.3) is 5.69 Å². The minimum Gasteiger partial charge on any atom is -0.465 e. The fourth-order valence-corrected chi connectivity index (χ4v) is 3.61. The Bertz CT molecular complexity index is 1140. The number of rotatable bonds is 12. The molecule has 10 nitrogen and oxygen atoms in total. The first-order valence-corrected chi connectivity index (χ1v) is 11.3. The number of nitro groups is 2. The summed E-state index contributed by atoms with van der Waals surface area (Å²) < 4.78 is 12.0. The summed E-state index contributed by atoms with van der Waals surface area (Å²) in [6, 6.07) is 11.3. The standard InChI is InChI=1S/C24H28N4O6/c1-4-16(25-26-21-12-8-17(27(29)30)15-22(21)28(31)32)7-11-20(23-13-9-18(5-2)33-23)24-14-10-19(6-3)34-24/h8-10,12-15,20,26H,4-7,11H2,1-3H3/b25-16-. The lowest BCUT2D eigenvalue weighted by molar-refractivity contribution is -0.393. The van der Waals surface area contributed by atoms with E-state index in [1.54, 1.807) is 0 Å². The number of aryl methyl sites for hydroxylation is 2. The van der Waals surface area contributed by atoms with Crippen LogP contribution in [0.5, 0.6) is 0 Å². The van der Waals surface area contributed by atoms with Crippen molar-refractivity contribution in [1.29, 1.82) is 0 Å². The molecule has 2 aromatic heterocycles. The van der Waals surface area contributed by atoms with Crippen LogP contribution in [0.4, 0.5) is 17.1 Å². The third kappa shape index (κ3) is 5.89. The maximum atomic E-state index is 11.4. The second kappa shape index (κ2) is 11.3. The van der Waals surface area contributed by atoms with Gasteiger partial charge in [0, 0.05) is 24.6 Å². The van der Waals surface area contributed by atoms with Crippen molar-refractivity contribution in [3.63, 3.8) is 0 Å². The summed E-state index contributed by atoms with van der Waals surface area (Å²) in [6.45, 7) is 6.01. The molecule has 10 heteroatoms. The first-order valence-electron chi connectivity index (χ1n) is 11.3. The summed E-state index contributed by atoms with van der Waals surface area (Å²) in [5.74, 6) is 3.36. The van der Waals surface area contributed by atoms with E-state index in [0.29, 0.717) is 19.3 Å². The second-order valence-corrected chi connectivity index (χ2v) is 7.77. The lowest BCUT2D eigenvalue weighted by Gasteiger charge is -2.13. The maximum Gasteiger partial charge on any atom is 0.301 e. The van der Waals surface area contributed by atoms with Gasteiger partial charge in [0.2, 0.25) is 0 Å². The number of nitrogens with one attached hydrogen (secondary N) is 1. The third-order valence-corrected chi connectivity index (χ3v) is 5.60. The lowest BCUT2D eigenvalue weighted by atomic mass is 9.95. The molecule has 180 valence electrons. The van der Waals surface area contributed by atoms with Gasteiger partial charge in [-0.1, -0.05) is 20.8 Å². The van der Waals surface area contributed by atoms with Crippen LogP contribution in [0.1, 0.15) is 69.0 Å². The van der Waals surface area contributed by atoms with E-state index in [1.807, 2.05) is 45.0 Å². The van der Waals surface area contributed by atoms with E-state index in [-0.39, 0.29) is 17.3 Å². The minimum absolute atomic E-state index is 0.0916. The fraction of sp³-hybridized carbons (Fsp3) is 0.375. The van der Waals surface area contributed by atoms with Crippen LogP contribution in [0.3, 0.4) is 0 Å². The minimum atomic E-state index is -0.672. The summed E-state index contributed by atoms with van der Waals surface area (Å²) >= 11 is 0. The molecule has 3 aromatic rings. The summed E-state index contributed by atoms with van der Waals surface area (Å²) in [5.41, 5.74) is 2.85. The van der Waals surface area contributed by atoms with Crippen molar-refractivity contribution in [3.05, 3.63) is 85.7 Å². The number of nitrogens with zero attached hydrogens (tertiary/aromatic N) is 3. The number of hydrogen-bond donors (Lipinski definition) is 1. The smallest absolute Gasteiger partial charge is 0.301 e. The molecule has 1 aromatic carbocycles. The van der Waals surface area contributed by atoms with Crippen molar-refractivity contribution in [2.24, 2.45) is 5.10 Å². The van der Waals surface area contributed by atoms with Crippen LogP contribution >= 0.6 is 0 Å². The van der Waals surface area contributed by atoms with Crippen LogP contribution < -0.4 is 5.43 Å². The number of nitro benzene ring substituents is 2. The summed E-state index contributed by atoms with van der Waals surface area (Å²) in [6.07, 6.45) is 3.48. The molecular weight excluding hydrogens is 440 g/mol. The average molecular weight is 469 g/mol. The first kappa shape index (κ1) is 24.7. The Kier molecular flexibility index (Phi) is 8.18. The van der Waals surface area contributed by atoms with Crippen molar-refractivity contribution in [1.82, 2.24) is 0 Å². The molecule has 3 rings (SSSR count). The van der Waals surface area contributed by atoms with Gasteiger partial charge in [0.15, 0.2) is 0 Å². The quantitative estimate of drug-likeness (QED) is 0.179. The van der Waals surface area contributed by atoms with Gasteiger partial charge in [-0.05, 0) is 49.6 Å². The Morgan fingerprint density at radius 1 is 0.941 bits per heavy atom. The van der Waals surface area contributed by atoms with E-state index in [2.05, 4.69) is 10.5 Å². The van der Waals surface area contributed by atoms with Crippen molar-refractivity contribution in [2.75, 3.05) is 5.43 Å². The van der Waals surface area contributed by atoms with Gasteiger partial charge in [0.1, 0.15) is 28.7 Å². The SMILES string of the molecule is CC/C(CCC(c1ccc(CC)o1)c1ccc(CC)o1)=N/Nc1ccc([N+](=O)[O-])cc1[N+](=O)[O-].